The number of fused-ring (bicyclic) bond motifs is 1. The molecule has 0 radical (unpaired) electrons. The van der Waals surface area contributed by atoms with Crippen molar-refractivity contribution >= 4 is 11.7 Å². The summed E-state index contributed by atoms with van der Waals surface area (Å²) in [7, 11) is 0. The highest BCUT2D eigenvalue weighted by Gasteiger charge is 2.17. The highest BCUT2D eigenvalue weighted by Crippen LogP contribution is 2.27. The molecule has 1 heterocycles. The Morgan fingerprint density at radius 1 is 1.53 bits per heavy atom. The Morgan fingerprint density at radius 2 is 2.35 bits per heavy atom. The summed E-state index contributed by atoms with van der Waals surface area (Å²) in [4.78, 5) is 13.1. The molecular weight excluding hydrogens is 214 g/mol. The third kappa shape index (κ3) is 2.42. The van der Waals surface area contributed by atoms with Gasteiger partial charge in [0, 0.05) is 12.2 Å². The standard InChI is InChI=1S/C14H15NO2/c1-2-3-8-15-9-4-5-11-10-12(14(16)17)6-7-13(11)15/h6-7,10H,4-5,8-9H2,1H3,(H,16,17). The summed E-state index contributed by atoms with van der Waals surface area (Å²) in [6, 6.07) is 5.34. The van der Waals surface area contributed by atoms with Crippen molar-refractivity contribution in [1.82, 2.24) is 0 Å². The van der Waals surface area contributed by atoms with Crippen LogP contribution >= 0.6 is 0 Å². The Hall–Kier alpha value is -1.95. The van der Waals surface area contributed by atoms with Gasteiger partial charge in [0.25, 0.3) is 0 Å². The minimum atomic E-state index is -0.863. The lowest BCUT2D eigenvalue weighted by Crippen LogP contribution is -2.29. The monoisotopic (exact) mass is 229 g/mol. The van der Waals surface area contributed by atoms with Gasteiger partial charge in [-0.2, -0.15) is 0 Å². The van der Waals surface area contributed by atoms with Gasteiger partial charge in [-0.1, -0.05) is 5.92 Å². The maximum Gasteiger partial charge on any atom is 0.335 e. The summed E-state index contributed by atoms with van der Waals surface area (Å²) in [5, 5.41) is 8.96. The summed E-state index contributed by atoms with van der Waals surface area (Å²) in [5.74, 6) is 5.08. The van der Waals surface area contributed by atoms with Crippen LogP contribution in [0.15, 0.2) is 18.2 Å². The molecule has 0 spiro atoms. The lowest BCUT2D eigenvalue weighted by atomic mass is 9.99. The molecule has 1 N–H and O–H groups in total. The van der Waals surface area contributed by atoms with E-state index in [1.54, 1.807) is 12.1 Å². The fourth-order valence-corrected chi connectivity index (χ4v) is 2.15. The number of aryl methyl sites for hydroxylation is 1. The number of carboxylic acid groups (broad SMARTS) is 1. The summed E-state index contributed by atoms with van der Waals surface area (Å²) in [5.41, 5.74) is 2.62. The van der Waals surface area contributed by atoms with E-state index in [4.69, 9.17) is 5.11 Å². The number of nitrogens with zero attached hydrogens (tertiary/aromatic N) is 1. The van der Waals surface area contributed by atoms with E-state index >= 15 is 0 Å². The van der Waals surface area contributed by atoms with Crippen molar-refractivity contribution in [2.45, 2.75) is 19.8 Å². The molecule has 0 atom stereocenters. The van der Waals surface area contributed by atoms with Crippen LogP contribution in [0.4, 0.5) is 5.69 Å². The van der Waals surface area contributed by atoms with Crippen LogP contribution in [0.1, 0.15) is 29.3 Å². The van der Waals surface area contributed by atoms with E-state index in [1.165, 1.54) is 0 Å². The van der Waals surface area contributed by atoms with Gasteiger partial charge < -0.3 is 10.0 Å². The summed E-state index contributed by atoms with van der Waals surface area (Å²) in [6.45, 7) is 3.54. The molecule has 2 rings (SSSR count). The summed E-state index contributed by atoms with van der Waals surface area (Å²) in [6.07, 6.45) is 2.01. The normalized spacial score (nSPS) is 13.6. The van der Waals surface area contributed by atoms with Crippen LogP contribution < -0.4 is 4.90 Å². The van der Waals surface area contributed by atoms with E-state index < -0.39 is 5.97 Å². The molecule has 0 bridgehead atoms. The lowest BCUT2D eigenvalue weighted by molar-refractivity contribution is 0.0697. The average Bonchev–Trinajstić information content (AvgIpc) is 2.35. The number of carbonyl (C=O) groups is 1. The van der Waals surface area contributed by atoms with E-state index in [-0.39, 0.29) is 0 Å². The van der Waals surface area contributed by atoms with Crippen molar-refractivity contribution in [3.05, 3.63) is 29.3 Å². The zero-order chi connectivity index (χ0) is 12.3. The van der Waals surface area contributed by atoms with E-state index in [0.717, 1.165) is 37.2 Å². The van der Waals surface area contributed by atoms with Crippen molar-refractivity contribution in [2.75, 3.05) is 18.0 Å². The number of rotatable bonds is 2. The summed E-state index contributed by atoms with van der Waals surface area (Å²) < 4.78 is 0. The SMILES string of the molecule is CC#CCN1CCCc2cc(C(=O)O)ccc21. The second kappa shape index (κ2) is 4.92. The highest BCUT2D eigenvalue weighted by atomic mass is 16.4. The molecule has 0 fully saturated rings. The molecule has 17 heavy (non-hydrogen) atoms. The first kappa shape index (κ1) is 11.5. The van der Waals surface area contributed by atoms with E-state index in [0.29, 0.717) is 5.56 Å². The fourth-order valence-electron chi connectivity index (χ4n) is 2.15. The van der Waals surface area contributed by atoms with E-state index in [1.807, 2.05) is 13.0 Å². The summed E-state index contributed by atoms with van der Waals surface area (Å²) >= 11 is 0. The molecule has 1 aliphatic heterocycles. The average molecular weight is 229 g/mol. The van der Waals surface area contributed by atoms with Gasteiger partial charge >= 0.3 is 5.97 Å². The van der Waals surface area contributed by atoms with Gasteiger partial charge in [0.2, 0.25) is 0 Å². The van der Waals surface area contributed by atoms with Gasteiger partial charge in [0.1, 0.15) is 0 Å². The molecule has 1 aromatic carbocycles. The van der Waals surface area contributed by atoms with E-state index in [9.17, 15) is 4.79 Å². The van der Waals surface area contributed by atoms with Gasteiger partial charge in [-0.3, -0.25) is 0 Å². The molecule has 1 aliphatic rings. The number of aromatic carboxylic acids is 1. The van der Waals surface area contributed by atoms with Crippen molar-refractivity contribution in [3.63, 3.8) is 0 Å². The molecule has 3 heteroatoms. The second-order valence-electron chi connectivity index (χ2n) is 4.10. The number of hydrogen-bond acceptors (Lipinski definition) is 2. The first-order valence-corrected chi connectivity index (χ1v) is 5.73. The molecule has 3 nitrogen and oxygen atoms in total. The molecule has 1 aromatic rings. The number of anilines is 1. The first-order valence-electron chi connectivity index (χ1n) is 5.73. The van der Waals surface area contributed by atoms with Crippen LogP contribution in [0, 0.1) is 11.8 Å². The Labute approximate surface area is 101 Å². The van der Waals surface area contributed by atoms with Crippen LogP contribution in [-0.4, -0.2) is 24.2 Å². The molecular formula is C14H15NO2. The van der Waals surface area contributed by atoms with Gasteiger partial charge in [0.15, 0.2) is 0 Å². The zero-order valence-corrected chi connectivity index (χ0v) is 9.86. The second-order valence-corrected chi connectivity index (χ2v) is 4.10. The minimum Gasteiger partial charge on any atom is -0.478 e. The Bertz CT molecular complexity index is 497. The predicted octanol–water partition coefficient (Wildman–Crippen LogP) is 2.16. The number of benzene rings is 1. The zero-order valence-electron chi connectivity index (χ0n) is 9.86. The van der Waals surface area contributed by atoms with E-state index in [2.05, 4.69) is 16.7 Å². The van der Waals surface area contributed by atoms with Crippen LogP contribution in [0.5, 0.6) is 0 Å². The molecule has 88 valence electrons. The third-order valence-electron chi connectivity index (χ3n) is 2.99. The molecule has 0 amide bonds. The highest BCUT2D eigenvalue weighted by molar-refractivity contribution is 5.88. The topological polar surface area (TPSA) is 40.5 Å². The maximum atomic E-state index is 10.9. The van der Waals surface area contributed by atoms with Crippen molar-refractivity contribution in [2.24, 2.45) is 0 Å². The minimum absolute atomic E-state index is 0.368. The molecule has 0 saturated heterocycles. The van der Waals surface area contributed by atoms with Crippen LogP contribution in [0.25, 0.3) is 0 Å². The van der Waals surface area contributed by atoms with Crippen LogP contribution in [0.2, 0.25) is 0 Å². The Balaban J connectivity index is 2.31. The van der Waals surface area contributed by atoms with Crippen LogP contribution in [-0.2, 0) is 6.42 Å². The first-order chi connectivity index (χ1) is 8.22. The number of carboxylic acids is 1. The quantitative estimate of drug-likeness (QED) is 0.790. The molecule has 0 aromatic heterocycles. The Morgan fingerprint density at radius 3 is 3.06 bits per heavy atom. The maximum absolute atomic E-state index is 10.9. The molecule has 0 aliphatic carbocycles. The molecule has 0 saturated carbocycles. The predicted molar refractivity (Wildman–Crippen MR) is 67.4 cm³/mol. The Kier molecular flexibility index (Phi) is 3.34. The lowest BCUT2D eigenvalue weighted by Gasteiger charge is -2.29. The van der Waals surface area contributed by atoms with Crippen molar-refractivity contribution < 1.29 is 9.90 Å². The van der Waals surface area contributed by atoms with Gasteiger partial charge in [-0.15, -0.1) is 5.92 Å². The van der Waals surface area contributed by atoms with Gasteiger partial charge in [0.05, 0.1) is 12.1 Å². The van der Waals surface area contributed by atoms with Crippen molar-refractivity contribution in [1.29, 1.82) is 0 Å². The largest absolute Gasteiger partial charge is 0.478 e. The smallest absolute Gasteiger partial charge is 0.335 e. The third-order valence-corrected chi connectivity index (χ3v) is 2.99. The number of hydrogen-bond donors (Lipinski definition) is 1. The van der Waals surface area contributed by atoms with Crippen LogP contribution in [0.3, 0.4) is 0 Å². The molecule has 0 unspecified atom stereocenters. The van der Waals surface area contributed by atoms with Crippen molar-refractivity contribution in [3.8, 4) is 11.8 Å². The van der Waals surface area contributed by atoms with Gasteiger partial charge in [-0.25, -0.2) is 4.79 Å². The van der Waals surface area contributed by atoms with Gasteiger partial charge in [-0.05, 0) is 43.5 Å². The fraction of sp³-hybridized carbons (Fsp3) is 0.357.